The Labute approximate surface area is 120 Å². The van der Waals surface area contributed by atoms with E-state index in [-0.39, 0.29) is 18.4 Å². The van der Waals surface area contributed by atoms with Gasteiger partial charge in [-0.15, -0.1) is 0 Å². The zero-order valence-electron chi connectivity index (χ0n) is 12.6. The third-order valence-corrected chi connectivity index (χ3v) is 3.49. The topological polar surface area (TPSA) is 85.1 Å². The van der Waals surface area contributed by atoms with Gasteiger partial charge in [0, 0.05) is 41.0 Å². The first-order valence-corrected chi connectivity index (χ1v) is 6.76. The highest BCUT2D eigenvalue weighted by atomic mass is 16.5. The molecule has 2 amide bonds. The molecule has 20 heavy (non-hydrogen) atoms. The summed E-state index contributed by atoms with van der Waals surface area (Å²) >= 11 is 0. The van der Waals surface area contributed by atoms with Gasteiger partial charge in [0.2, 0.25) is 11.8 Å². The average Bonchev–Trinajstić information content (AvgIpc) is 2.43. The van der Waals surface area contributed by atoms with Crippen LogP contribution in [0.4, 0.5) is 0 Å². The van der Waals surface area contributed by atoms with Gasteiger partial charge in [0.25, 0.3) is 0 Å². The maximum Gasteiger partial charge on any atom is 0.243 e. The number of nitrogens with zero attached hydrogens (tertiary/aromatic N) is 2. The van der Waals surface area contributed by atoms with Crippen LogP contribution < -0.4 is 5.73 Å². The maximum absolute atomic E-state index is 12.6. The lowest BCUT2D eigenvalue weighted by Crippen LogP contribution is -2.59. The Kier molecular flexibility index (Phi) is 6.38. The second kappa shape index (κ2) is 7.56. The molecule has 0 bridgehead atoms. The summed E-state index contributed by atoms with van der Waals surface area (Å²) < 4.78 is 10.2. The van der Waals surface area contributed by atoms with E-state index in [4.69, 9.17) is 15.2 Å². The summed E-state index contributed by atoms with van der Waals surface area (Å²) in [6.07, 6.45) is 0.955. The predicted octanol–water partition coefficient (Wildman–Crippen LogP) is -0.942. The molecule has 0 aromatic carbocycles. The molecule has 0 spiro atoms. The summed E-state index contributed by atoms with van der Waals surface area (Å²) in [6.45, 7) is 1.70. The standard InChI is InChI=1S/C13H25N3O4/c1-15(2)11(17)10-16(6-9-19-3)12(18)13(14)4-7-20-8-5-13/h4-10,14H2,1-3H3. The number of hydrogen-bond donors (Lipinski definition) is 1. The number of methoxy groups -OCH3 is 1. The number of carbonyl (C=O) groups excluding carboxylic acids is 2. The summed E-state index contributed by atoms with van der Waals surface area (Å²) in [5, 5.41) is 0. The Hall–Kier alpha value is -1.18. The SMILES string of the molecule is COCCN(CC(=O)N(C)C)C(=O)C1(N)CCOCC1. The highest BCUT2D eigenvalue weighted by Crippen LogP contribution is 2.20. The van der Waals surface area contributed by atoms with Crippen molar-refractivity contribution in [1.29, 1.82) is 0 Å². The van der Waals surface area contributed by atoms with E-state index in [1.54, 1.807) is 21.2 Å². The van der Waals surface area contributed by atoms with Crippen LogP contribution >= 0.6 is 0 Å². The highest BCUT2D eigenvalue weighted by molar-refractivity contribution is 5.90. The van der Waals surface area contributed by atoms with E-state index >= 15 is 0 Å². The minimum Gasteiger partial charge on any atom is -0.383 e. The average molecular weight is 287 g/mol. The number of carbonyl (C=O) groups is 2. The smallest absolute Gasteiger partial charge is 0.243 e. The van der Waals surface area contributed by atoms with Gasteiger partial charge >= 0.3 is 0 Å². The molecule has 0 aromatic heterocycles. The minimum absolute atomic E-state index is 0.0228. The van der Waals surface area contributed by atoms with Crippen LogP contribution in [-0.4, -0.2) is 81.3 Å². The molecule has 116 valence electrons. The van der Waals surface area contributed by atoms with Crippen molar-refractivity contribution in [2.75, 3.05) is 54.1 Å². The van der Waals surface area contributed by atoms with Crippen molar-refractivity contribution in [3.63, 3.8) is 0 Å². The first-order chi connectivity index (χ1) is 9.40. The molecular weight excluding hydrogens is 262 g/mol. The van der Waals surface area contributed by atoms with Crippen LogP contribution in [0.5, 0.6) is 0 Å². The quantitative estimate of drug-likeness (QED) is 0.681. The molecule has 0 radical (unpaired) electrons. The van der Waals surface area contributed by atoms with Crippen molar-refractivity contribution in [2.45, 2.75) is 18.4 Å². The summed E-state index contributed by atoms with van der Waals surface area (Å²) in [4.78, 5) is 27.4. The van der Waals surface area contributed by atoms with E-state index < -0.39 is 5.54 Å². The molecule has 0 aromatic rings. The number of likely N-dealkylation sites (N-methyl/N-ethyl adjacent to an activating group) is 1. The predicted molar refractivity (Wildman–Crippen MR) is 74.1 cm³/mol. The molecule has 1 aliphatic heterocycles. The molecule has 1 fully saturated rings. The van der Waals surface area contributed by atoms with Gasteiger partial charge in [-0.05, 0) is 12.8 Å². The van der Waals surface area contributed by atoms with Crippen LogP contribution in [0, 0.1) is 0 Å². The van der Waals surface area contributed by atoms with E-state index in [2.05, 4.69) is 0 Å². The Morgan fingerprint density at radius 1 is 1.30 bits per heavy atom. The first kappa shape index (κ1) is 16.9. The molecule has 7 nitrogen and oxygen atoms in total. The second-order valence-corrected chi connectivity index (χ2v) is 5.28. The van der Waals surface area contributed by atoms with Crippen molar-refractivity contribution in [3.8, 4) is 0 Å². The lowest BCUT2D eigenvalue weighted by Gasteiger charge is -2.36. The first-order valence-electron chi connectivity index (χ1n) is 6.76. The maximum atomic E-state index is 12.6. The normalized spacial score (nSPS) is 17.6. The van der Waals surface area contributed by atoms with Gasteiger partial charge in [-0.1, -0.05) is 0 Å². The van der Waals surface area contributed by atoms with E-state index in [0.717, 1.165) is 0 Å². The Bertz CT molecular complexity index is 341. The van der Waals surface area contributed by atoms with Gasteiger partial charge in [0.1, 0.15) is 0 Å². The molecular formula is C13H25N3O4. The van der Waals surface area contributed by atoms with E-state index in [1.165, 1.54) is 9.80 Å². The zero-order chi connectivity index (χ0) is 15.2. The highest BCUT2D eigenvalue weighted by Gasteiger charge is 2.39. The Balaban J connectivity index is 2.74. The van der Waals surface area contributed by atoms with Crippen molar-refractivity contribution >= 4 is 11.8 Å². The van der Waals surface area contributed by atoms with E-state index in [1.807, 2.05) is 0 Å². The molecule has 2 N–H and O–H groups in total. The fourth-order valence-electron chi connectivity index (χ4n) is 2.02. The van der Waals surface area contributed by atoms with Crippen LogP contribution in [0.15, 0.2) is 0 Å². The summed E-state index contributed by atoms with van der Waals surface area (Å²) in [5.41, 5.74) is 5.26. The Morgan fingerprint density at radius 2 is 1.90 bits per heavy atom. The van der Waals surface area contributed by atoms with Crippen molar-refractivity contribution in [1.82, 2.24) is 9.80 Å². The number of hydrogen-bond acceptors (Lipinski definition) is 5. The Morgan fingerprint density at radius 3 is 2.40 bits per heavy atom. The van der Waals surface area contributed by atoms with E-state index in [9.17, 15) is 9.59 Å². The molecule has 1 rings (SSSR count). The summed E-state index contributed by atoms with van der Waals surface area (Å²) in [7, 11) is 4.88. The van der Waals surface area contributed by atoms with Crippen LogP contribution in [0.1, 0.15) is 12.8 Å². The summed E-state index contributed by atoms with van der Waals surface area (Å²) in [6, 6.07) is 0. The molecule has 0 saturated carbocycles. The minimum atomic E-state index is -0.932. The van der Waals surface area contributed by atoms with Crippen LogP contribution in [-0.2, 0) is 19.1 Å². The van der Waals surface area contributed by atoms with E-state index in [0.29, 0.717) is 39.2 Å². The summed E-state index contributed by atoms with van der Waals surface area (Å²) in [5.74, 6) is -0.335. The number of rotatable bonds is 6. The van der Waals surface area contributed by atoms with Crippen LogP contribution in [0.25, 0.3) is 0 Å². The zero-order valence-corrected chi connectivity index (χ0v) is 12.6. The third-order valence-electron chi connectivity index (χ3n) is 3.49. The largest absolute Gasteiger partial charge is 0.383 e. The monoisotopic (exact) mass is 287 g/mol. The third kappa shape index (κ3) is 4.43. The fourth-order valence-corrected chi connectivity index (χ4v) is 2.02. The van der Waals surface area contributed by atoms with Gasteiger partial charge in [0.05, 0.1) is 18.7 Å². The molecule has 1 heterocycles. The van der Waals surface area contributed by atoms with Gasteiger partial charge in [0.15, 0.2) is 0 Å². The van der Waals surface area contributed by atoms with Gasteiger partial charge in [-0.2, -0.15) is 0 Å². The molecule has 7 heteroatoms. The molecule has 1 aliphatic rings. The van der Waals surface area contributed by atoms with Crippen LogP contribution in [0.2, 0.25) is 0 Å². The van der Waals surface area contributed by atoms with Crippen LogP contribution in [0.3, 0.4) is 0 Å². The van der Waals surface area contributed by atoms with Crippen molar-refractivity contribution < 1.29 is 19.1 Å². The second-order valence-electron chi connectivity index (χ2n) is 5.28. The molecule has 0 unspecified atom stereocenters. The number of amides is 2. The lowest BCUT2D eigenvalue weighted by molar-refractivity contribution is -0.146. The van der Waals surface area contributed by atoms with Gasteiger partial charge in [-0.25, -0.2) is 0 Å². The molecule has 0 aliphatic carbocycles. The van der Waals surface area contributed by atoms with Crippen molar-refractivity contribution in [3.05, 3.63) is 0 Å². The number of ether oxygens (including phenoxy) is 2. The van der Waals surface area contributed by atoms with Gasteiger partial charge < -0.3 is 25.0 Å². The lowest BCUT2D eigenvalue weighted by atomic mass is 9.89. The molecule has 1 saturated heterocycles. The number of nitrogens with two attached hydrogens (primary N) is 1. The van der Waals surface area contributed by atoms with Crippen molar-refractivity contribution in [2.24, 2.45) is 5.73 Å². The molecule has 0 atom stereocenters. The van der Waals surface area contributed by atoms with Gasteiger partial charge in [-0.3, -0.25) is 9.59 Å². The fraction of sp³-hybridized carbons (Fsp3) is 0.846.